The van der Waals surface area contributed by atoms with Gasteiger partial charge in [0.05, 0.1) is 18.8 Å². The maximum Gasteiger partial charge on any atom is 0.220 e. The van der Waals surface area contributed by atoms with Crippen molar-refractivity contribution in [2.75, 3.05) is 6.61 Å². The number of nitrogens with one attached hydrogen (secondary N) is 1. The predicted octanol–water partition coefficient (Wildman–Crippen LogP) is 19.2. The Hall–Kier alpha value is -1.17. The van der Waals surface area contributed by atoms with Gasteiger partial charge in [0.2, 0.25) is 5.91 Å². The van der Waals surface area contributed by atoms with Crippen LogP contribution < -0.4 is 5.32 Å². The molecule has 0 radical (unpaired) electrons. The monoisotopic (exact) mass is 944 g/mol. The Morgan fingerprint density at radius 2 is 0.597 bits per heavy atom. The molecule has 3 unspecified atom stereocenters. The zero-order valence-electron chi connectivity index (χ0n) is 45.6. The van der Waals surface area contributed by atoms with Crippen molar-refractivity contribution in [1.82, 2.24) is 5.32 Å². The molecule has 0 saturated carbocycles. The molecule has 0 rings (SSSR count). The van der Waals surface area contributed by atoms with E-state index in [4.69, 9.17) is 0 Å². The summed E-state index contributed by atoms with van der Waals surface area (Å²) in [7, 11) is 0. The van der Waals surface area contributed by atoms with Crippen LogP contribution in [-0.4, -0.2) is 46.1 Å². The van der Waals surface area contributed by atoms with Gasteiger partial charge in [0.25, 0.3) is 0 Å². The molecule has 5 nitrogen and oxygen atoms in total. The second-order valence-corrected chi connectivity index (χ2v) is 21.3. The third kappa shape index (κ3) is 52.5. The zero-order chi connectivity index (χ0) is 48.6. The first-order valence-electron chi connectivity index (χ1n) is 30.6. The number of hydrogen-bond acceptors (Lipinski definition) is 4. The number of hydrogen-bond donors (Lipinski definition) is 4. The fraction of sp³-hybridized carbons (Fsp3) is 0.919. The summed E-state index contributed by atoms with van der Waals surface area (Å²) in [6.45, 7) is 4.20. The number of aliphatic hydroxyl groups excluding tert-OH is 3. The Bertz CT molecular complexity index is 998. The third-order valence-electron chi connectivity index (χ3n) is 14.5. The van der Waals surface area contributed by atoms with Gasteiger partial charge < -0.3 is 20.6 Å². The van der Waals surface area contributed by atoms with Crippen LogP contribution in [0.25, 0.3) is 0 Å². The van der Waals surface area contributed by atoms with Crippen LogP contribution in [0.15, 0.2) is 24.3 Å². The molecule has 0 spiro atoms. The summed E-state index contributed by atoms with van der Waals surface area (Å²) < 4.78 is 0. The minimum absolute atomic E-state index is 0.149. The Labute approximate surface area is 420 Å². The predicted molar refractivity (Wildman–Crippen MR) is 296 cm³/mol. The summed E-state index contributed by atoms with van der Waals surface area (Å²) in [5.74, 6) is -0.149. The number of carbonyl (C=O) groups is 1. The van der Waals surface area contributed by atoms with Gasteiger partial charge in [-0.3, -0.25) is 4.79 Å². The summed E-state index contributed by atoms with van der Waals surface area (Å²) in [4.78, 5) is 12.5. The van der Waals surface area contributed by atoms with Crippen LogP contribution in [0, 0.1) is 0 Å². The number of unbranched alkanes of at least 4 members (excludes halogenated alkanes) is 45. The van der Waals surface area contributed by atoms with Gasteiger partial charge in [-0.05, 0) is 64.2 Å². The van der Waals surface area contributed by atoms with Gasteiger partial charge in [-0.15, -0.1) is 0 Å². The minimum atomic E-state index is -1.16. The van der Waals surface area contributed by atoms with Gasteiger partial charge in [0, 0.05) is 6.42 Å². The molecule has 67 heavy (non-hydrogen) atoms. The maximum atomic E-state index is 12.5. The SMILES string of the molecule is CCCCCCCCCCCCC/C=C/CCCC(O)C(O)C(CO)NC(=O)CCCCCCCCCCCCCCCCCCC/C=C\CCCCCCCCCCCCCCCCCC. The van der Waals surface area contributed by atoms with Crippen LogP contribution in [0.2, 0.25) is 0 Å². The van der Waals surface area contributed by atoms with Crippen LogP contribution in [-0.2, 0) is 4.79 Å². The van der Waals surface area contributed by atoms with E-state index < -0.39 is 18.2 Å². The molecule has 0 fully saturated rings. The van der Waals surface area contributed by atoms with Crippen molar-refractivity contribution in [3.8, 4) is 0 Å². The molecule has 0 saturated heterocycles. The molecule has 0 aliphatic rings. The van der Waals surface area contributed by atoms with Crippen LogP contribution in [0.4, 0.5) is 0 Å². The summed E-state index contributed by atoms with van der Waals surface area (Å²) >= 11 is 0. The first-order valence-corrected chi connectivity index (χ1v) is 30.6. The molecule has 398 valence electrons. The van der Waals surface area contributed by atoms with E-state index >= 15 is 0 Å². The molecule has 0 aliphatic carbocycles. The van der Waals surface area contributed by atoms with E-state index in [2.05, 4.69) is 43.5 Å². The molecular formula is C62H121NO4. The van der Waals surface area contributed by atoms with Crippen LogP contribution in [0.5, 0.6) is 0 Å². The first-order chi connectivity index (χ1) is 33.1. The van der Waals surface area contributed by atoms with E-state index in [-0.39, 0.29) is 12.5 Å². The Morgan fingerprint density at radius 3 is 0.866 bits per heavy atom. The quantitative estimate of drug-likeness (QED) is 0.0361. The summed E-state index contributed by atoms with van der Waals surface area (Å²) in [5.41, 5.74) is 0. The highest BCUT2D eigenvalue weighted by molar-refractivity contribution is 5.76. The summed E-state index contributed by atoms with van der Waals surface area (Å²) in [5, 5.41) is 33.7. The van der Waals surface area contributed by atoms with Crippen molar-refractivity contribution < 1.29 is 20.1 Å². The molecule has 3 atom stereocenters. The molecule has 0 aliphatic heterocycles. The van der Waals surface area contributed by atoms with E-state index in [1.54, 1.807) is 0 Å². The minimum Gasteiger partial charge on any atom is -0.394 e. The third-order valence-corrected chi connectivity index (χ3v) is 14.5. The van der Waals surface area contributed by atoms with Crippen molar-refractivity contribution in [1.29, 1.82) is 0 Å². The van der Waals surface area contributed by atoms with E-state index in [9.17, 15) is 20.1 Å². The van der Waals surface area contributed by atoms with Gasteiger partial charge in [-0.2, -0.15) is 0 Å². The van der Waals surface area contributed by atoms with Crippen LogP contribution >= 0.6 is 0 Å². The first kappa shape index (κ1) is 65.8. The molecule has 0 aromatic heterocycles. The van der Waals surface area contributed by atoms with Crippen molar-refractivity contribution in [3.05, 3.63) is 24.3 Å². The standard InChI is InChI=1S/C62H121NO4/c1-3-5-7-9-11-13-15-17-19-21-22-23-24-25-26-27-28-29-30-31-32-33-34-35-36-37-38-39-40-41-43-45-47-49-51-53-55-57-61(66)63-59(58-64)62(67)60(65)56-54-52-50-48-46-44-42-20-18-16-14-12-10-8-6-4-2/h29-30,48,50,59-60,62,64-65,67H,3-28,31-47,49,51-58H2,1-2H3,(H,63,66)/b30-29-,50-48+. The molecule has 1 amide bonds. The molecule has 0 heterocycles. The average molecular weight is 945 g/mol. The fourth-order valence-corrected chi connectivity index (χ4v) is 9.81. The topological polar surface area (TPSA) is 89.8 Å². The normalized spacial score (nSPS) is 13.3. The lowest BCUT2D eigenvalue weighted by molar-refractivity contribution is -0.124. The van der Waals surface area contributed by atoms with E-state index in [0.717, 1.165) is 38.5 Å². The molecule has 4 N–H and O–H groups in total. The van der Waals surface area contributed by atoms with Crippen molar-refractivity contribution in [2.45, 2.75) is 360 Å². The van der Waals surface area contributed by atoms with E-state index in [1.165, 1.54) is 276 Å². The highest BCUT2D eigenvalue weighted by atomic mass is 16.3. The van der Waals surface area contributed by atoms with Gasteiger partial charge in [0.1, 0.15) is 6.10 Å². The van der Waals surface area contributed by atoms with Gasteiger partial charge in [-0.1, -0.05) is 295 Å². The van der Waals surface area contributed by atoms with Crippen molar-refractivity contribution in [2.24, 2.45) is 0 Å². The molecule has 0 aromatic carbocycles. The molecule has 0 aromatic rings. The van der Waals surface area contributed by atoms with Crippen LogP contribution in [0.3, 0.4) is 0 Å². The number of aliphatic hydroxyl groups is 3. The lowest BCUT2D eigenvalue weighted by Gasteiger charge is -2.26. The summed E-state index contributed by atoms with van der Waals surface area (Å²) in [6, 6.07) is -0.824. The lowest BCUT2D eigenvalue weighted by Crippen LogP contribution is -2.50. The number of carbonyl (C=O) groups excluding carboxylic acids is 1. The maximum absolute atomic E-state index is 12.5. The van der Waals surface area contributed by atoms with E-state index in [1.807, 2.05) is 0 Å². The zero-order valence-corrected chi connectivity index (χ0v) is 45.6. The Morgan fingerprint density at radius 1 is 0.358 bits per heavy atom. The van der Waals surface area contributed by atoms with Crippen molar-refractivity contribution in [3.63, 3.8) is 0 Å². The Kier molecular flexibility index (Phi) is 56.4. The lowest BCUT2D eigenvalue weighted by atomic mass is 10.0. The molecular weight excluding hydrogens is 823 g/mol. The van der Waals surface area contributed by atoms with Gasteiger partial charge in [-0.25, -0.2) is 0 Å². The average Bonchev–Trinajstić information content (AvgIpc) is 3.33. The van der Waals surface area contributed by atoms with Gasteiger partial charge >= 0.3 is 0 Å². The van der Waals surface area contributed by atoms with E-state index in [0.29, 0.717) is 12.8 Å². The molecule has 5 heteroatoms. The fourth-order valence-electron chi connectivity index (χ4n) is 9.81. The number of allylic oxidation sites excluding steroid dienone is 4. The number of amides is 1. The van der Waals surface area contributed by atoms with Crippen LogP contribution in [0.1, 0.15) is 341 Å². The van der Waals surface area contributed by atoms with Gasteiger partial charge in [0.15, 0.2) is 0 Å². The largest absolute Gasteiger partial charge is 0.394 e. The smallest absolute Gasteiger partial charge is 0.220 e. The highest BCUT2D eigenvalue weighted by Gasteiger charge is 2.26. The second kappa shape index (κ2) is 57.4. The van der Waals surface area contributed by atoms with Crippen molar-refractivity contribution >= 4 is 5.91 Å². The highest BCUT2D eigenvalue weighted by Crippen LogP contribution is 2.18. The molecule has 0 bridgehead atoms. The number of rotatable bonds is 57. The second-order valence-electron chi connectivity index (χ2n) is 21.3. The summed E-state index contributed by atoms with van der Waals surface area (Å²) in [6.07, 6.45) is 73.7. The Balaban J connectivity index is 3.46.